The maximum atomic E-state index is 8.75. The monoisotopic (exact) mass is 166 g/mol. The van der Waals surface area contributed by atoms with Gasteiger partial charge in [0.15, 0.2) is 0 Å². The first-order valence-corrected chi connectivity index (χ1v) is 3.96. The van der Waals surface area contributed by atoms with Gasteiger partial charge in [0.2, 0.25) is 0 Å². The van der Waals surface area contributed by atoms with Gasteiger partial charge in [-0.2, -0.15) is 0 Å². The van der Waals surface area contributed by atoms with E-state index in [1.807, 2.05) is 0 Å². The molecule has 1 aromatic rings. The molecule has 0 aliphatic heterocycles. The number of aliphatic hydroxyl groups excluding tert-OH is 1. The molecule has 0 fully saturated rings. The molecule has 0 saturated carbocycles. The maximum Gasteiger partial charge on any atom is 0.133 e. The van der Waals surface area contributed by atoms with Gasteiger partial charge < -0.3 is 5.11 Å². The van der Waals surface area contributed by atoms with Crippen molar-refractivity contribution in [1.82, 2.24) is 9.97 Å². The standard InChI is InChI=1S/C9H14N2O/c1-9(2,3)8-10-4-7(6-12)5-11-8/h4-5,12H,6H2,1-3H3. The van der Waals surface area contributed by atoms with Crippen molar-refractivity contribution in [3.05, 3.63) is 23.8 Å². The molecule has 0 aliphatic rings. The number of nitrogens with zero attached hydrogens (tertiary/aromatic N) is 2. The van der Waals surface area contributed by atoms with E-state index in [-0.39, 0.29) is 12.0 Å². The van der Waals surface area contributed by atoms with Crippen LogP contribution in [0.5, 0.6) is 0 Å². The third-order valence-electron chi connectivity index (χ3n) is 1.56. The minimum atomic E-state index is -0.0199. The van der Waals surface area contributed by atoms with E-state index in [1.165, 1.54) is 0 Å². The van der Waals surface area contributed by atoms with Crippen LogP contribution in [0.3, 0.4) is 0 Å². The second-order valence-corrected chi connectivity index (χ2v) is 3.82. The van der Waals surface area contributed by atoms with E-state index in [0.29, 0.717) is 0 Å². The normalized spacial score (nSPS) is 11.7. The Morgan fingerprint density at radius 2 is 1.75 bits per heavy atom. The van der Waals surface area contributed by atoms with Gasteiger partial charge in [-0.1, -0.05) is 20.8 Å². The topological polar surface area (TPSA) is 46.0 Å². The zero-order valence-corrected chi connectivity index (χ0v) is 7.70. The molecule has 12 heavy (non-hydrogen) atoms. The van der Waals surface area contributed by atoms with Crippen LogP contribution in [0.2, 0.25) is 0 Å². The molecule has 0 aliphatic carbocycles. The van der Waals surface area contributed by atoms with Gasteiger partial charge in [-0.3, -0.25) is 0 Å². The van der Waals surface area contributed by atoms with Crippen LogP contribution in [-0.2, 0) is 12.0 Å². The zero-order valence-electron chi connectivity index (χ0n) is 7.70. The van der Waals surface area contributed by atoms with Crippen molar-refractivity contribution in [3.8, 4) is 0 Å². The summed E-state index contributed by atoms with van der Waals surface area (Å²) in [4.78, 5) is 8.30. The average Bonchev–Trinajstić information content (AvgIpc) is 2.03. The predicted octanol–water partition coefficient (Wildman–Crippen LogP) is 1.27. The molecule has 3 heteroatoms. The first-order valence-electron chi connectivity index (χ1n) is 3.96. The van der Waals surface area contributed by atoms with Crippen molar-refractivity contribution in [3.63, 3.8) is 0 Å². The summed E-state index contributed by atoms with van der Waals surface area (Å²) >= 11 is 0. The van der Waals surface area contributed by atoms with Gasteiger partial charge in [0, 0.05) is 23.4 Å². The highest BCUT2D eigenvalue weighted by molar-refractivity contribution is 5.08. The van der Waals surface area contributed by atoms with E-state index in [4.69, 9.17) is 5.11 Å². The molecule has 1 heterocycles. The Morgan fingerprint density at radius 1 is 1.25 bits per heavy atom. The van der Waals surface area contributed by atoms with Crippen LogP contribution >= 0.6 is 0 Å². The van der Waals surface area contributed by atoms with Crippen molar-refractivity contribution < 1.29 is 5.11 Å². The molecule has 1 aromatic heterocycles. The summed E-state index contributed by atoms with van der Waals surface area (Å²) in [5, 5.41) is 8.75. The van der Waals surface area contributed by atoms with Gasteiger partial charge in [-0.05, 0) is 0 Å². The van der Waals surface area contributed by atoms with Crippen molar-refractivity contribution in [2.75, 3.05) is 0 Å². The van der Waals surface area contributed by atoms with E-state index >= 15 is 0 Å². The largest absolute Gasteiger partial charge is 0.392 e. The molecule has 0 unspecified atom stereocenters. The fourth-order valence-corrected chi connectivity index (χ4v) is 0.824. The number of aliphatic hydroxyl groups is 1. The summed E-state index contributed by atoms with van der Waals surface area (Å²) in [6.45, 7) is 6.17. The average molecular weight is 166 g/mol. The van der Waals surface area contributed by atoms with E-state index in [9.17, 15) is 0 Å². The van der Waals surface area contributed by atoms with Crippen molar-refractivity contribution >= 4 is 0 Å². The van der Waals surface area contributed by atoms with Crippen LogP contribution in [0.1, 0.15) is 32.2 Å². The summed E-state index contributed by atoms with van der Waals surface area (Å²) in [5.41, 5.74) is 0.733. The smallest absolute Gasteiger partial charge is 0.133 e. The van der Waals surface area contributed by atoms with Gasteiger partial charge in [0.1, 0.15) is 5.82 Å². The molecule has 0 spiro atoms. The molecule has 0 bridgehead atoms. The van der Waals surface area contributed by atoms with Crippen LogP contribution in [0, 0.1) is 0 Å². The van der Waals surface area contributed by atoms with Crippen molar-refractivity contribution in [1.29, 1.82) is 0 Å². The first-order chi connectivity index (χ1) is 5.54. The van der Waals surface area contributed by atoms with Gasteiger partial charge >= 0.3 is 0 Å². The Balaban J connectivity index is 2.93. The minimum absolute atomic E-state index is 0.00439. The molecular formula is C9H14N2O. The fraction of sp³-hybridized carbons (Fsp3) is 0.556. The molecule has 0 amide bonds. The summed E-state index contributed by atoms with van der Waals surface area (Å²) < 4.78 is 0. The van der Waals surface area contributed by atoms with E-state index < -0.39 is 0 Å². The maximum absolute atomic E-state index is 8.75. The molecular weight excluding hydrogens is 152 g/mol. The molecule has 0 saturated heterocycles. The Bertz CT molecular complexity index is 248. The molecule has 0 atom stereocenters. The van der Waals surface area contributed by atoms with Crippen LogP contribution in [0.4, 0.5) is 0 Å². The Labute approximate surface area is 72.5 Å². The van der Waals surface area contributed by atoms with Crippen molar-refractivity contribution in [2.24, 2.45) is 0 Å². The zero-order chi connectivity index (χ0) is 9.19. The van der Waals surface area contributed by atoms with Gasteiger partial charge in [0.25, 0.3) is 0 Å². The van der Waals surface area contributed by atoms with E-state index in [0.717, 1.165) is 11.4 Å². The molecule has 1 rings (SSSR count). The minimum Gasteiger partial charge on any atom is -0.392 e. The Kier molecular flexibility index (Phi) is 2.43. The highest BCUT2D eigenvalue weighted by atomic mass is 16.3. The van der Waals surface area contributed by atoms with E-state index in [1.54, 1.807) is 12.4 Å². The van der Waals surface area contributed by atoms with Gasteiger partial charge in [-0.15, -0.1) is 0 Å². The highest BCUT2D eigenvalue weighted by Gasteiger charge is 2.16. The third-order valence-corrected chi connectivity index (χ3v) is 1.56. The number of rotatable bonds is 1. The number of hydrogen-bond acceptors (Lipinski definition) is 3. The van der Waals surface area contributed by atoms with Crippen LogP contribution < -0.4 is 0 Å². The summed E-state index contributed by atoms with van der Waals surface area (Å²) in [5.74, 6) is 0.805. The first kappa shape index (κ1) is 9.13. The van der Waals surface area contributed by atoms with Gasteiger partial charge in [0.05, 0.1) is 6.61 Å². The Morgan fingerprint density at radius 3 is 2.08 bits per heavy atom. The fourth-order valence-electron chi connectivity index (χ4n) is 0.824. The van der Waals surface area contributed by atoms with Crippen molar-refractivity contribution in [2.45, 2.75) is 32.8 Å². The molecule has 66 valence electrons. The summed E-state index contributed by atoms with van der Waals surface area (Å²) in [6.07, 6.45) is 3.32. The lowest BCUT2D eigenvalue weighted by Crippen LogP contribution is -2.15. The second kappa shape index (κ2) is 3.19. The van der Waals surface area contributed by atoms with E-state index in [2.05, 4.69) is 30.7 Å². The Hall–Kier alpha value is -0.960. The lowest BCUT2D eigenvalue weighted by Gasteiger charge is -2.15. The van der Waals surface area contributed by atoms with Crippen LogP contribution in [0.15, 0.2) is 12.4 Å². The lowest BCUT2D eigenvalue weighted by molar-refractivity contribution is 0.280. The number of hydrogen-bond donors (Lipinski definition) is 1. The second-order valence-electron chi connectivity index (χ2n) is 3.82. The van der Waals surface area contributed by atoms with Crippen LogP contribution in [-0.4, -0.2) is 15.1 Å². The third kappa shape index (κ3) is 2.01. The highest BCUT2D eigenvalue weighted by Crippen LogP contribution is 2.16. The predicted molar refractivity (Wildman–Crippen MR) is 46.7 cm³/mol. The summed E-state index contributed by atoms with van der Waals surface area (Å²) in [6, 6.07) is 0. The quantitative estimate of drug-likeness (QED) is 0.683. The van der Waals surface area contributed by atoms with Gasteiger partial charge in [-0.25, -0.2) is 9.97 Å². The number of aromatic nitrogens is 2. The molecule has 3 nitrogen and oxygen atoms in total. The summed E-state index contributed by atoms with van der Waals surface area (Å²) in [7, 11) is 0. The van der Waals surface area contributed by atoms with Crippen LogP contribution in [0.25, 0.3) is 0 Å². The molecule has 1 N–H and O–H groups in total. The SMILES string of the molecule is CC(C)(C)c1ncc(CO)cn1. The molecule has 0 radical (unpaired) electrons. The lowest BCUT2D eigenvalue weighted by atomic mass is 9.96. The molecule has 0 aromatic carbocycles.